The van der Waals surface area contributed by atoms with Crippen LogP contribution in [0.15, 0.2) is 18.2 Å². The Kier molecular flexibility index (Phi) is 2.11. The van der Waals surface area contributed by atoms with E-state index in [-0.39, 0.29) is 18.3 Å². The van der Waals surface area contributed by atoms with Crippen molar-refractivity contribution in [2.75, 3.05) is 18.1 Å². The number of ether oxygens (including phenoxy) is 1. The maximum atomic E-state index is 12.9. The SMILES string of the molecule is CCN1C(=O)COc2ccc(F)cc21. The first-order valence-corrected chi connectivity index (χ1v) is 4.45. The van der Waals surface area contributed by atoms with Gasteiger partial charge in [0.2, 0.25) is 0 Å². The molecule has 0 saturated carbocycles. The molecule has 74 valence electrons. The van der Waals surface area contributed by atoms with Crippen LogP contribution in [0.2, 0.25) is 0 Å². The van der Waals surface area contributed by atoms with Gasteiger partial charge in [-0.3, -0.25) is 4.79 Å². The number of benzene rings is 1. The van der Waals surface area contributed by atoms with Crippen LogP contribution in [0.1, 0.15) is 6.92 Å². The smallest absolute Gasteiger partial charge is 0.265 e. The van der Waals surface area contributed by atoms with Crippen LogP contribution in [0.3, 0.4) is 0 Å². The van der Waals surface area contributed by atoms with Gasteiger partial charge in [-0.25, -0.2) is 4.39 Å². The van der Waals surface area contributed by atoms with Crippen molar-refractivity contribution in [3.63, 3.8) is 0 Å². The number of likely N-dealkylation sites (N-methyl/N-ethyl adjacent to an activating group) is 1. The number of hydrogen-bond acceptors (Lipinski definition) is 2. The zero-order chi connectivity index (χ0) is 10.1. The summed E-state index contributed by atoms with van der Waals surface area (Å²) in [6.07, 6.45) is 0. The summed E-state index contributed by atoms with van der Waals surface area (Å²) >= 11 is 0. The molecule has 0 spiro atoms. The molecule has 14 heavy (non-hydrogen) atoms. The molecular formula is C10H10FNO2. The van der Waals surface area contributed by atoms with Crippen LogP contribution in [0, 0.1) is 5.82 Å². The van der Waals surface area contributed by atoms with E-state index >= 15 is 0 Å². The molecule has 1 amide bonds. The Labute approximate surface area is 81.1 Å². The standard InChI is InChI=1S/C10H10FNO2/c1-2-12-8-5-7(11)3-4-9(8)14-6-10(12)13/h3-5H,2,6H2,1H3. The van der Waals surface area contributed by atoms with Crippen LogP contribution in [0.4, 0.5) is 10.1 Å². The number of carbonyl (C=O) groups excluding carboxylic acids is 1. The Bertz CT molecular complexity index is 378. The zero-order valence-corrected chi connectivity index (χ0v) is 7.79. The molecule has 0 saturated heterocycles. The Morgan fingerprint density at radius 2 is 2.36 bits per heavy atom. The first-order valence-electron chi connectivity index (χ1n) is 4.45. The predicted molar refractivity (Wildman–Crippen MR) is 49.9 cm³/mol. The number of nitrogens with zero attached hydrogens (tertiary/aromatic N) is 1. The highest BCUT2D eigenvalue weighted by Crippen LogP contribution is 2.32. The van der Waals surface area contributed by atoms with Crippen molar-refractivity contribution in [2.24, 2.45) is 0 Å². The van der Waals surface area contributed by atoms with E-state index in [0.29, 0.717) is 18.0 Å². The van der Waals surface area contributed by atoms with Gasteiger partial charge in [-0.05, 0) is 19.1 Å². The summed E-state index contributed by atoms with van der Waals surface area (Å²) in [5.74, 6) is 0.0685. The van der Waals surface area contributed by atoms with Crippen molar-refractivity contribution >= 4 is 11.6 Å². The molecule has 0 bridgehead atoms. The minimum absolute atomic E-state index is 0.0342. The van der Waals surface area contributed by atoms with Crippen molar-refractivity contribution in [2.45, 2.75) is 6.92 Å². The van der Waals surface area contributed by atoms with E-state index in [4.69, 9.17) is 4.74 Å². The van der Waals surface area contributed by atoms with Gasteiger partial charge < -0.3 is 9.64 Å². The molecule has 0 atom stereocenters. The van der Waals surface area contributed by atoms with E-state index in [9.17, 15) is 9.18 Å². The van der Waals surface area contributed by atoms with E-state index in [1.807, 2.05) is 6.92 Å². The second-order valence-corrected chi connectivity index (χ2v) is 3.04. The minimum Gasteiger partial charge on any atom is -0.482 e. The lowest BCUT2D eigenvalue weighted by Crippen LogP contribution is -2.38. The van der Waals surface area contributed by atoms with Crippen LogP contribution in [-0.4, -0.2) is 19.1 Å². The summed E-state index contributed by atoms with van der Waals surface area (Å²) < 4.78 is 18.1. The van der Waals surface area contributed by atoms with E-state index in [1.165, 1.54) is 17.0 Å². The van der Waals surface area contributed by atoms with Crippen molar-refractivity contribution in [3.8, 4) is 5.75 Å². The van der Waals surface area contributed by atoms with E-state index in [0.717, 1.165) is 0 Å². The maximum Gasteiger partial charge on any atom is 0.265 e. The van der Waals surface area contributed by atoms with Crippen LogP contribution in [0.5, 0.6) is 5.75 Å². The summed E-state index contributed by atoms with van der Waals surface area (Å²) in [5.41, 5.74) is 0.517. The molecule has 1 aromatic rings. The van der Waals surface area contributed by atoms with Gasteiger partial charge in [-0.15, -0.1) is 0 Å². The second kappa shape index (κ2) is 3.29. The Hall–Kier alpha value is -1.58. The molecular weight excluding hydrogens is 185 g/mol. The largest absolute Gasteiger partial charge is 0.482 e. The quantitative estimate of drug-likeness (QED) is 0.680. The molecule has 0 aromatic heterocycles. The van der Waals surface area contributed by atoms with E-state index in [2.05, 4.69) is 0 Å². The number of hydrogen-bond donors (Lipinski definition) is 0. The van der Waals surface area contributed by atoms with Gasteiger partial charge >= 0.3 is 0 Å². The number of amides is 1. The molecule has 1 aliphatic rings. The van der Waals surface area contributed by atoms with Crippen LogP contribution in [0.25, 0.3) is 0 Å². The van der Waals surface area contributed by atoms with Gasteiger partial charge in [0.1, 0.15) is 11.6 Å². The second-order valence-electron chi connectivity index (χ2n) is 3.04. The summed E-state index contributed by atoms with van der Waals surface area (Å²) in [6.45, 7) is 2.41. The first-order chi connectivity index (χ1) is 6.72. The number of halogens is 1. The van der Waals surface area contributed by atoms with E-state index < -0.39 is 0 Å². The van der Waals surface area contributed by atoms with Gasteiger partial charge in [-0.1, -0.05) is 0 Å². The van der Waals surface area contributed by atoms with Crippen molar-refractivity contribution in [1.82, 2.24) is 0 Å². The third kappa shape index (κ3) is 1.32. The summed E-state index contributed by atoms with van der Waals surface area (Å²) in [6, 6.07) is 4.18. The predicted octanol–water partition coefficient (Wildman–Crippen LogP) is 1.57. The molecule has 0 N–H and O–H groups in total. The monoisotopic (exact) mass is 195 g/mol. The van der Waals surface area contributed by atoms with Gasteiger partial charge in [0, 0.05) is 12.6 Å². The fourth-order valence-electron chi connectivity index (χ4n) is 1.52. The fourth-order valence-corrected chi connectivity index (χ4v) is 1.52. The van der Waals surface area contributed by atoms with Crippen LogP contribution in [-0.2, 0) is 4.79 Å². The molecule has 0 aliphatic carbocycles. The molecule has 4 heteroatoms. The number of fused-ring (bicyclic) bond motifs is 1. The molecule has 2 rings (SSSR count). The molecule has 0 unspecified atom stereocenters. The first kappa shape index (κ1) is 8.99. The van der Waals surface area contributed by atoms with Crippen LogP contribution < -0.4 is 9.64 Å². The third-order valence-corrected chi connectivity index (χ3v) is 2.18. The molecule has 1 heterocycles. The van der Waals surface area contributed by atoms with Gasteiger partial charge in [-0.2, -0.15) is 0 Å². The lowest BCUT2D eigenvalue weighted by molar-refractivity contribution is -0.121. The number of carbonyl (C=O) groups is 1. The molecule has 3 nitrogen and oxygen atoms in total. The molecule has 0 radical (unpaired) electrons. The lowest BCUT2D eigenvalue weighted by Gasteiger charge is -2.28. The normalized spacial score (nSPS) is 15.0. The Morgan fingerprint density at radius 1 is 1.57 bits per heavy atom. The van der Waals surface area contributed by atoms with Gasteiger partial charge in [0.05, 0.1) is 5.69 Å². The topological polar surface area (TPSA) is 29.5 Å². The zero-order valence-electron chi connectivity index (χ0n) is 7.79. The highest BCUT2D eigenvalue weighted by molar-refractivity contribution is 5.97. The maximum absolute atomic E-state index is 12.9. The van der Waals surface area contributed by atoms with Crippen LogP contribution >= 0.6 is 0 Å². The molecule has 1 aliphatic heterocycles. The minimum atomic E-state index is -0.361. The Morgan fingerprint density at radius 3 is 3.07 bits per heavy atom. The fraction of sp³-hybridized carbons (Fsp3) is 0.300. The summed E-state index contributed by atoms with van der Waals surface area (Å²) in [4.78, 5) is 12.9. The Balaban J connectivity index is 2.49. The third-order valence-electron chi connectivity index (χ3n) is 2.18. The number of rotatable bonds is 1. The lowest BCUT2D eigenvalue weighted by atomic mass is 10.2. The van der Waals surface area contributed by atoms with Crippen molar-refractivity contribution in [3.05, 3.63) is 24.0 Å². The summed E-state index contributed by atoms with van der Waals surface area (Å²) in [7, 11) is 0. The highest BCUT2D eigenvalue weighted by atomic mass is 19.1. The van der Waals surface area contributed by atoms with Gasteiger partial charge in [0.15, 0.2) is 6.61 Å². The number of anilines is 1. The summed E-state index contributed by atoms with van der Waals surface area (Å²) in [5, 5.41) is 0. The average molecular weight is 195 g/mol. The highest BCUT2D eigenvalue weighted by Gasteiger charge is 2.24. The van der Waals surface area contributed by atoms with E-state index in [1.54, 1.807) is 6.07 Å². The van der Waals surface area contributed by atoms with Gasteiger partial charge in [0.25, 0.3) is 5.91 Å². The van der Waals surface area contributed by atoms with Crippen molar-refractivity contribution in [1.29, 1.82) is 0 Å². The van der Waals surface area contributed by atoms with Crippen molar-refractivity contribution < 1.29 is 13.9 Å². The molecule has 1 aromatic carbocycles. The molecule has 0 fully saturated rings. The average Bonchev–Trinajstić information content (AvgIpc) is 2.17.